The molecule has 1 fully saturated rings. The fraction of sp³-hybridized carbons (Fsp3) is 0.833. The maximum atomic E-state index is 11.5. The van der Waals surface area contributed by atoms with Gasteiger partial charge in [0.1, 0.15) is 11.7 Å². The molecule has 4 heteroatoms. The molecule has 0 amide bonds. The fourth-order valence-corrected chi connectivity index (χ4v) is 3.18. The van der Waals surface area contributed by atoms with E-state index >= 15 is 0 Å². The molecule has 0 bridgehead atoms. The van der Waals surface area contributed by atoms with E-state index in [1.807, 2.05) is 0 Å². The van der Waals surface area contributed by atoms with E-state index in [1.54, 1.807) is 0 Å². The summed E-state index contributed by atoms with van der Waals surface area (Å²) in [6.45, 7) is 8.61. The van der Waals surface area contributed by atoms with Gasteiger partial charge in [0.05, 0.1) is 13.5 Å². The van der Waals surface area contributed by atoms with Crippen molar-refractivity contribution in [1.29, 1.82) is 0 Å². The Balaban J connectivity index is 2.66. The summed E-state index contributed by atoms with van der Waals surface area (Å²) in [6.07, 6.45) is 9.57. The van der Waals surface area contributed by atoms with E-state index in [9.17, 15) is 4.79 Å². The lowest BCUT2D eigenvalue weighted by atomic mass is 9.79. The third-order valence-electron chi connectivity index (χ3n) is 4.57. The van der Waals surface area contributed by atoms with Crippen LogP contribution in [0.1, 0.15) is 66.2 Å². The van der Waals surface area contributed by atoms with Gasteiger partial charge < -0.3 is 4.74 Å². The molecule has 0 spiro atoms. The van der Waals surface area contributed by atoms with Gasteiger partial charge >= 0.3 is 5.97 Å². The van der Waals surface area contributed by atoms with Crippen LogP contribution in [0.4, 0.5) is 0 Å². The highest BCUT2D eigenvalue weighted by Crippen LogP contribution is 2.39. The van der Waals surface area contributed by atoms with Crippen molar-refractivity contribution in [3.63, 3.8) is 0 Å². The SMILES string of the molecule is CC/C=C/C(CC)C[C@@]1(C)C[C@@H](CC)[C@H](CC(=O)OC)OO1. The van der Waals surface area contributed by atoms with E-state index in [4.69, 9.17) is 14.5 Å². The number of hydrogen-bond acceptors (Lipinski definition) is 4. The van der Waals surface area contributed by atoms with E-state index in [0.29, 0.717) is 11.8 Å². The molecule has 128 valence electrons. The van der Waals surface area contributed by atoms with Gasteiger partial charge in [-0.3, -0.25) is 4.79 Å². The van der Waals surface area contributed by atoms with Crippen molar-refractivity contribution in [1.82, 2.24) is 0 Å². The lowest BCUT2D eigenvalue weighted by Crippen LogP contribution is -2.45. The monoisotopic (exact) mass is 312 g/mol. The number of ether oxygens (including phenoxy) is 1. The van der Waals surface area contributed by atoms with Crippen molar-refractivity contribution in [2.45, 2.75) is 77.9 Å². The van der Waals surface area contributed by atoms with Gasteiger partial charge in [0.2, 0.25) is 0 Å². The minimum absolute atomic E-state index is 0.197. The first-order valence-electron chi connectivity index (χ1n) is 8.55. The number of allylic oxidation sites excluding steroid dienone is 2. The van der Waals surface area contributed by atoms with E-state index in [0.717, 1.165) is 32.1 Å². The van der Waals surface area contributed by atoms with Crippen LogP contribution in [0, 0.1) is 11.8 Å². The van der Waals surface area contributed by atoms with Gasteiger partial charge in [0.15, 0.2) is 0 Å². The van der Waals surface area contributed by atoms with Crippen molar-refractivity contribution < 1.29 is 19.3 Å². The molecule has 0 aromatic heterocycles. The summed E-state index contributed by atoms with van der Waals surface area (Å²) >= 11 is 0. The van der Waals surface area contributed by atoms with Crippen LogP contribution >= 0.6 is 0 Å². The van der Waals surface area contributed by atoms with Crippen molar-refractivity contribution in [2.75, 3.05) is 7.11 Å². The zero-order valence-corrected chi connectivity index (χ0v) is 14.8. The highest BCUT2D eigenvalue weighted by molar-refractivity contribution is 5.69. The smallest absolute Gasteiger partial charge is 0.308 e. The summed E-state index contributed by atoms with van der Waals surface area (Å²) in [6, 6.07) is 0. The zero-order valence-electron chi connectivity index (χ0n) is 14.8. The van der Waals surface area contributed by atoms with Crippen molar-refractivity contribution in [3.8, 4) is 0 Å². The van der Waals surface area contributed by atoms with Crippen LogP contribution in [-0.2, 0) is 19.3 Å². The minimum Gasteiger partial charge on any atom is -0.469 e. The Labute approximate surface area is 135 Å². The first-order valence-corrected chi connectivity index (χ1v) is 8.55. The van der Waals surface area contributed by atoms with Crippen molar-refractivity contribution in [3.05, 3.63) is 12.2 Å². The molecule has 0 N–H and O–H groups in total. The summed E-state index contributed by atoms with van der Waals surface area (Å²) in [5, 5.41) is 0. The van der Waals surface area contributed by atoms with Crippen LogP contribution in [-0.4, -0.2) is 24.8 Å². The molecular formula is C18H32O4. The highest BCUT2D eigenvalue weighted by Gasteiger charge is 2.41. The molecule has 1 aliphatic rings. The molecule has 0 saturated carbocycles. The number of rotatable bonds is 8. The molecule has 1 heterocycles. The Morgan fingerprint density at radius 1 is 1.41 bits per heavy atom. The first kappa shape index (κ1) is 19.2. The summed E-state index contributed by atoms with van der Waals surface area (Å²) < 4.78 is 4.74. The summed E-state index contributed by atoms with van der Waals surface area (Å²) in [5.41, 5.74) is -0.286. The molecular weight excluding hydrogens is 280 g/mol. The second-order valence-corrected chi connectivity index (χ2v) is 6.53. The van der Waals surface area contributed by atoms with E-state index in [1.165, 1.54) is 7.11 Å². The molecule has 1 saturated heterocycles. The van der Waals surface area contributed by atoms with Gasteiger partial charge in [-0.05, 0) is 44.4 Å². The lowest BCUT2D eigenvalue weighted by molar-refractivity contribution is -0.419. The van der Waals surface area contributed by atoms with Gasteiger partial charge in [0.25, 0.3) is 0 Å². The van der Waals surface area contributed by atoms with Crippen LogP contribution in [0.5, 0.6) is 0 Å². The van der Waals surface area contributed by atoms with Crippen LogP contribution in [0.25, 0.3) is 0 Å². The average Bonchev–Trinajstić information content (AvgIpc) is 2.53. The van der Waals surface area contributed by atoms with Gasteiger partial charge in [-0.25, -0.2) is 9.78 Å². The number of hydrogen-bond donors (Lipinski definition) is 0. The van der Waals surface area contributed by atoms with Gasteiger partial charge in [-0.1, -0.05) is 39.3 Å². The molecule has 1 unspecified atom stereocenters. The normalized spacial score (nSPS) is 30.4. The quantitative estimate of drug-likeness (QED) is 0.378. The molecule has 0 aromatic rings. The third kappa shape index (κ3) is 5.73. The van der Waals surface area contributed by atoms with Crippen LogP contribution in [0.2, 0.25) is 0 Å². The molecule has 1 rings (SSSR count). The number of esters is 1. The second kappa shape index (κ2) is 9.31. The van der Waals surface area contributed by atoms with Crippen LogP contribution in [0.3, 0.4) is 0 Å². The van der Waals surface area contributed by atoms with E-state index in [2.05, 4.69) is 39.8 Å². The molecule has 1 aliphatic heterocycles. The van der Waals surface area contributed by atoms with Gasteiger partial charge in [-0.2, -0.15) is 0 Å². The van der Waals surface area contributed by atoms with Crippen LogP contribution < -0.4 is 0 Å². The molecule has 22 heavy (non-hydrogen) atoms. The topological polar surface area (TPSA) is 44.8 Å². The average molecular weight is 312 g/mol. The Kier molecular flexibility index (Phi) is 8.12. The van der Waals surface area contributed by atoms with E-state index < -0.39 is 0 Å². The number of carbonyl (C=O) groups excluding carboxylic acids is 1. The summed E-state index contributed by atoms with van der Waals surface area (Å²) in [7, 11) is 1.41. The lowest BCUT2D eigenvalue weighted by Gasteiger charge is -2.42. The second-order valence-electron chi connectivity index (χ2n) is 6.53. The molecule has 0 aliphatic carbocycles. The standard InChI is InChI=1S/C18H32O4/c1-6-9-10-14(7-2)12-18(4)13-15(8-3)16(21-22-18)11-17(19)20-5/h9-10,14-16H,6-8,11-13H2,1-5H3/b10-9+/t14?,15-,16+,18+/m1/s1. The molecule has 0 radical (unpaired) electrons. The van der Waals surface area contributed by atoms with E-state index in [-0.39, 0.29) is 24.1 Å². The number of carbonyl (C=O) groups is 1. The largest absolute Gasteiger partial charge is 0.469 e. The Morgan fingerprint density at radius 2 is 2.14 bits per heavy atom. The third-order valence-corrected chi connectivity index (χ3v) is 4.57. The predicted octanol–water partition coefficient (Wildman–Crippen LogP) is 4.44. The minimum atomic E-state index is -0.286. The highest BCUT2D eigenvalue weighted by atomic mass is 17.2. The van der Waals surface area contributed by atoms with Crippen molar-refractivity contribution in [2.24, 2.45) is 11.8 Å². The molecule has 4 nitrogen and oxygen atoms in total. The zero-order chi connectivity index (χ0) is 16.6. The maximum absolute atomic E-state index is 11.5. The predicted molar refractivity (Wildman–Crippen MR) is 87.2 cm³/mol. The Hall–Kier alpha value is -0.870. The Bertz CT molecular complexity index is 366. The van der Waals surface area contributed by atoms with Gasteiger partial charge in [-0.15, -0.1) is 0 Å². The van der Waals surface area contributed by atoms with Gasteiger partial charge in [0, 0.05) is 0 Å². The fourth-order valence-electron chi connectivity index (χ4n) is 3.18. The maximum Gasteiger partial charge on any atom is 0.308 e. The molecule has 4 atom stereocenters. The Morgan fingerprint density at radius 3 is 2.68 bits per heavy atom. The first-order chi connectivity index (χ1) is 10.5. The summed E-state index contributed by atoms with van der Waals surface area (Å²) in [4.78, 5) is 22.8. The summed E-state index contributed by atoms with van der Waals surface area (Å²) in [5.74, 6) is 0.585. The van der Waals surface area contributed by atoms with Crippen molar-refractivity contribution >= 4 is 5.97 Å². The molecule has 0 aromatic carbocycles. The number of methoxy groups -OCH3 is 1. The van der Waals surface area contributed by atoms with Crippen LogP contribution in [0.15, 0.2) is 12.2 Å².